The van der Waals surface area contributed by atoms with Crippen LogP contribution in [0, 0.1) is 6.92 Å². The Morgan fingerprint density at radius 1 is 1.27 bits per heavy atom. The molecule has 1 saturated heterocycles. The topological polar surface area (TPSA) is 50.3 Å². The van der Waals surface area contributed by atoms with Gasteiger partial charge in [0, 0.05) is 31.2 Å². The first-order valence-electron chi connectivity index (χ1n) is 8.51. The summed E-state index contributed by atoms with van der Waals surface area (Å²) in [4.78, 5) is 11.3. The second-order valence-electron chi connectivity index (χ2n) is 6.53. The van der Waals surface area contributed by atoms with Gasteiger partial charge < -0.3 is 15.0 Å². The maximum Gasteiger partial charge on any atom is 0.218 e. The van der Waals surface area contributed by atoms with E-state index in [4.69, 9.17) is 4.74 Å². The molecule has 22 heavy (non-hydrogen) atoms. The Labute approximate surface area is 134 Å². The summed E-state index contributed by atoms with van der Waals surface area (Å²) < 4.78 is 5.86. The van der Waals surface area contributed by atoms with E-state index in [1.807, 2.05) is 13.0 Å². The van der Waals surface area contributed by atoms with Gasteiger partial charge in [0.15, 0.2) is 0 Å². The number of piperidine rings is 1. The van der Waals surface area contributed by atoms with E-state index in [1.54, 1.807) is 0 Å². The number of nitrogens with zero attached hydrogens (tertiary/aromatic N) is 3. The van der Waals surface area contributed by atoms with E-state index in [2.05, 4.69) is 47.9 Å². The molecule has 0 aromatic carbocycles. The summed E-state index contributed by atoms with van der Waals surface area (Å²) in [5, 5.41) is 3.63. The van der Waals surface area contributed by atoms with Gasteiger partial charge in [0.1, 0.15) is 11.6 Å². The van der Waals surface area contributed by atoms with Gasteiger partial charge in [0.2, 0.25) is 5.88 Å². The molecule has 0 bridgehead atoms. The monoisotopic (exact) mass is 306 g/mol. The Morgan fingerprint density at radius 3 is 2.55 bits per heavy atom. The highest BCUT2D eigenvalue weighted by atomic mass is 16.5. The Bertz CT molecular complexity index is 470. The zero-order chi connectivity index (χ0) is 16.1. The summed E-state index contributed by atoms with van der Waals surface area (Å²) in [6.45, 7) is 12.6. The largest absolute Gasteiger partial charge is 0.475 e. The molecule has 2 rings (SSSR count). The van der Waals surface area contributed by atoms with Crippen molar-refractivity contribution in [3.63, 3.8) is 0 Å². The number of aryl methyl sites for hydroxylation is 1. The average Bonchev–Trinajstić information content (AvgIpc) is 2.46. The Balaban J connectivity index is 2.00. The van der Waals surface area contributed by atoms with Crippen molar-refractivity contribution < 1.29 is 4.74 Å². The minimum atomic E-state index is 0.183. The second kappa shape index (κ2) is 7.77. The molecule has 1 aromatic rings. The second-order valence-corrected chi connectivity index (χ2v) is 6.53. The van der Waals surface area contributed by atoms with E-state index in [1.165, 1.54) is 0 Å². The van der Waals surface area contributed by atoms with Crippen LogP contribution in [0.3, 0.4) is 0 Å². The van der Waals surface area contributed by atoms with Gasteiger partial charge in [0.05, 0.1) is 6.10 Å². The van der Waals surface area contributed by atoms with Gasteiger partial charge in [-0.25, -0.2) is 4.98 Å². The number of hydrogen-bond acceptors (Lipinski definition) is 5. The summed E-state index contributed by atoms with van der Waals surface area (Å²) >= 11 is 0. The van der Waals surface area contributed by atoms with Crippen LogP contribution in [-0.4, -0.2) is 41.2 Å². The number of ether oxygens (including phenoxy) is 1. The zero-order valence-electron chi connectivity index (χ0n) is 14.6. The molecule has 2 heterocycles. The highest BCUT2D eigenvalue weighted by molar-refractivity contribution is 5.42. The van der Waals surface area contributed by atoms with E-state index >= 15 is 0 Å². The first-order valence-corrected chi connectivity index (χ1v) is 8.51. The van der Waals surface area contributed by atoms with Crippen LogP contribution in [0.5, 0.6) is 5.88 Å². The van der Waals surface area contributed by atoms with Crippen molar-refractivity contribution in [1.82, 2.24) is 15.3 Å². The molecule has 0 amide bonds. The van der Waals surface area contributed by atoms with Gasteiger partial charge in [0.25, 0.3) is 0 Å². The fraction of sp³-hybridized carbons (Fsp3) is 0.765. The molecule has 0 aliphatic carbocycles. The molecular weight excluding hydrogens is 276 g/mol. The Hall–Kier alpha value is -1.36. The van der Waals surface area contributed by atoms with Gasteiger partial charge in [-0.2, -0.15) is 4.98 Å². The van der Waals surface area contributed by atoms with Crippen LogP contribution in [-0.2, 0) is 0 Å². The molecular formula is C17H30N4O. The summed E-state index contributed by atoms with van der Waals surface area (Å²) in [5.41, 5.74) is 0. The summed E-state index contributed by atoms with van der Waals surface area (Å²) in [5.74, 6) is 2.46. The van der Waals surface area contributed by atoms with Crippen LogP contribution in [0.1, 0.15) is 52.8 Å². The lowest BCUT2D eigenvalue weighted by atomic mass is 10.0. The van der Waals surface area contributed by atoms with Crippen molar-refractivity contribution in [2.45, 2.75) is 72.1 Å². The van der Waals surface area contributed by atoms with Gasteiger partial charge in [-0.3, -0.25) is 0 Å². The highest BCUT2D eigenvalue weighted by Gasteiger charge is 2.21. The first kappa shape index (κ1) is 17.0. The quantitative estimate of drug-likeness (QED) is 0.875. The van der Waals surface area contributed by atoms with Crippen LogP contribution < -0.4 is 15.0 Å². The van der Waals surface area contributed by atoms with Gasteiger partial charge in [-0.1, -0.05) is 20.8 Å². The van der Waals surface area contributed by atoms with Crippen LogP contribution >= 0.6 is 0 Å². The summed E-state index contributed by atoms with van der Waals surface area (Å²) in [6, 6.07) is 3.15. The number of aromatic nitrogens is 2. The standard InChI is InChI=1S/C17H30N4O/c1-6-13(4)22-17-11-16(19-14(5)20-17)21-9-7-15(8-10-21)18-12(2)3/h11-13,15,18H,6-10H2,1-5H3. The fourth-order valence-corrected chi connectivity index (χ4v) is 2.78. The molecule has 5 nitrogen and oxygen atoms in total. The van der Waals surface area contributed by atoms with Crippen molar-refractivity contribution in [3.05, 3.63) is 11.9 Å². The lowest BCUT2D eigenvalue weighted by Crippen LogP contribution is -2.45. The van der Waals surface area contributed by atoms with Crippen molar-refractivity contribution in [3.8, 4) is 5.88 Å². The van der Waals surface area contributed by atoms with Crippen LogP contribution in [0.2, 0.25) is 0 Å². The van der Waals surface area contributed by atoms with E-state index in [0.717, 1.165) is 44.0 Å². The lowest BCUT2D eigenvalue weighted by molar-refractivity contribution is 0.208. The first-order chi connectivity index (χ1) is 10.5. The Kier molecular flexibility index (Phi) is 6.00. The van der Waals surface area contributed by atoms with Crippen molar-refractivity contribution in [1.29, 1.82) is 0 Å². The third-order valence-corrected chi connectivity index (χ3v) is 4.09. The summed E-state index contributed by atoms with van der Waals surface area (Å²) in [6.07, 6.45) is 3.47. The molecule has 1 N–H and O–H groups in total. The van der Waals surface area contributed by atoms with E-state index in [0.29, 0.717) is 18.0 Å². The third-order valence-electron chi connectivity index (χ3n) is 4.09. The van der Waals surface area contributed by atoms with Crippen LogP contribution in [0.15, 0.2) is 6.07 Å². The highest BCUT2D eigenvalue weighted by Crippen LogP contribution is 2.22. The molecule has 1 aliphatic heterocycles. The number of hydrogen-bond donors (Lipinski definition) is 1. The maximum absolute atomic E-state index is 5.86. The molecule has 1 unspecified atom stereocenters. The van der Waals surface area contributed by atoms with Crippen LogP contribution in [0.4, 0.5) is 5.82 Å². The number of rotatable bonds is 6. The molecule has 0 spiro atoms. The van der Waals surface area contributed by atoms with Gasteiger partial charge in [-0.05, 0) is 33.1 Å². The SMILES string of the molecule is CCC(C)Oc1cc(N2CCC(NC(C)C)CC2)nc(C)n1. The predicted molar refractivity (Wildman–Crippen MR) is 90.7 cm³/mol. The molecule has 1 aliphatic rings. The molecule has 1 fully saturated rings. The molecule has 0 radical (unpaired) electrons. The van der Waals surface area contributed by atoms with Crippen molar-refractivity contribution >= 4 is 5.82 Å². The predicted octanol–water partition coefficient (Wildman–Crippen LogP) is 2.93. The normalized spacial score (nSPS) is 17.8. The average molecular weight is 306 g/mol. The molecule has 0 saturated carbocycles. The molecule has 5 heteroatoms. The van der Waals surface area contributed by atoms with Gasteiger partial charge >= 0.3 is 0 Å². The van der Waals surface area contributed by atoms with Crippen molar-refractivity contribution in [2.75, 3.05) is 18.0 Å². The van der Waals surface area contributed by atoms with E-state index < -0.39 is 0 Å². The minimum absolute atomic E-state index is 0.183. The van der Waals surface area contributed by atoms with Crippen molar-refractivity contribution in [2.24, 2.45) is 0 Å². The summed E-state index contributed by atoms with van der Waals surface area (Å²) in [7, 11) is 0. The van der Waals surface area contributed by atoms with Crippen LogP contribution in [0.25, 0.3) is 0 Å². The maximum atomic E-state index is 5.86. The lowest BCUT2D eigenvalue weighted by Gasteiger charge is -2.34. The number of nitrogens with one attached hydrogen (secondary N) is 1. The molecule has 1 atom stereocenters. The molecule has 1 aromatic heterocycles. The smallest absolute Gasteiger partial charge is 0.218 e. The van der Waals surface area contributed by atoms with E-state index in [-0.39, 0.29) is 6.10 Å². The van der Waals surface area contributed by atoms with Gasteiger partial charge in [-0.15, -0.1) is 0 Å². The zero-order valence-corrected chi connectivity index (χ0v) is 14.6. The third kappa shape index (κ3) is 4.83. The fourth-order valence-electron chi connectivity index (χ4n) is 2.78. The Morgan fingerprint density at radius 2 is 1.95 bits per heavy atom. The molecule has 124 valence electrons. The number of anilines is 1. The van der Waals surface area contributed by atoms with E-state index in [9.17, 15) is 0 Å². The minimum Gasteiger partial charge on any atom is -0.475 e.